The van der Waals surface area contributed by atoms with Crippen molar-refractivity contribution in [2.75, 3.05) is 30.4 Å². The largest absolute Gasteiger partial charge is 0.343 e. The van der Waals surface area contributed by atoms with Gasteiger partial charge in [-0.15, -0.1) is 0 Å². The molecule has 39 heavy (non-hydrogen) atoms. The van der Waals surface area contributed by atoms with Crippen molar-refractivity contribution in [3.05, 3.63) is 47.8 Å². The summed E-state index contributed by atoms with van der Waals surface area (Å²) in [7, 11) is 1.79. The van der Waals surface area contributed by atoms with Gasteiger partial charge < -0.3 is 14.4 Å². The van der Waals surface area contributed by atoms with Gasteiger partial charge in [0.25, 0.3) is 5.91 Å². The molecule has 0 unspecified atom stereocenters. The molecule has 2 aromatic heterocycles. The lowest BCUT2D eigenvalue weighted by Gasteiger charge is -2.19. The maximum Gasteiger partial charge on any atom is 0.259 e. The van der Waals surface area contributed by atoms with Crippen molar-refractivity contribution in [3.63, 3.8) is 0 Å². The molecule has 10 nitrogen and oxygen atoms in total. The molecule has 1 N–H and O–H groups in total. The number of anilines is 2. The fourth-order valence-corrected chi connectivity index (χ4v) is 5.52. The minimum Gasteiger partial charge on any atom is -0.343 e. The van der Waals surface area contributed by atoms with Crippen LogP contribution in [0.25, 0.3) is 11.0 Å². The molecule has 202 valence electrons. The molecule has 0 spiro atoms. The van der Waals surface area contributed by atoms with E-state index in [-0.39, 0.29) is 23.4 Å². The Bertz CT molecular complexity index is 1420. The van der Waals surface area contributed by atoms with Crippen LogP contribution in [0.1, 0.15) is 67.4 Å². The third-order valence-corrected chi connectivity index (χ3v) is 7.78. The first-order chi connectivity index (χ1) is 18.9. The van der Waals surface area contributed by atoms with Crippen LogP contribution >= 0.6 is 0 Å². The van der Waals surface area contributed by atoms with Gasteiger partial charge in [-0.3, -0.25) is 19.7 Å². The quantitative estimate of drug-likeness (QED) is 0.447. The number of likely N-dealkylation sites (tertiary alicyclic amines) is 1. The number of carbonyl (C=O) groups excluding carboxylic acids is 3. The highest BCUT2D eigenvalue weighted by molar-refractivity contribution is 6.04. The Morgan fingerprint density at radius 1 is 1.15 bits per heavy atom. The van der Waals surface area contributed by atoms with Crippen molar-refractivity contribution < 1.29 is 14.4 Å². The van der Waals surface area contributed by atoms with E-state index in [0.717, 1.165) is 37.0 Å². The number of aromatic nitrogens is 3. The predicted molar refractivity (Wildman–Crippen MR) is 147 cm³/mol. The van der Waals surface area contributed by atoms with Crippen molar-refractivity contribution in [1.82, 2.24) is 19.4 Å². The van der Waals surface area contributed by atoms with E-state index in [4.69, 9.17) is 10.2 Å². The average molecular weight is 528 g/mol. The van der Waals surface area contributed by atoms with Crippen LogP contribution < -0.4 is 10.2 Å². The molecule has 1 saturated heterocycles. The molecule has 0 bridgehead atoms. The smallest absolute Gasteiger partial charge is 0.259 e. The Kier molecular flexibility index (Phi) is 7.87. The van der Waals surface area contributed by atoms with Gasteiger partial charge in [0.15, 0.2) is 0 Å². The first kappa shape index (κ1) is 26.4. The SMILES string of the molecule is CN(C(=O)CC1CCCC1)c1ccc2c(c1)nc(NC(=O)c1ccc(C#N)nc1)n2CCCN1CCCC1=O. The lowest BCUT2D eigenvalue weighted by atomic mass is 10.0. The third kappa shape index (κ3) is 5.93. The summed E-state index contributed by atoms with van der Waals surface area (Å²) in [6.07, 6.45) is 8.75. The first-order valence-electron chi connectivity index (χ1n) is 13.6. The van der Waals surface area contributed by atoms with Crippen LogP contribution in [0, 0.1) is 17.2 Å². The van der Waals surface area contributed by atoms with Crippen molar-refractivity contribution in [3.8, 4) is 6.07 Å². The summed E-state index contributed by atoms with van der Waals surface area (Å²) in [6, 6.07) is 10.7. The van der Waals surface area contributed by atoms with E-state index in [1.54, 1.807) is 18.0 Å². The summed E-state index contributed by atoms with van der Waals surface area (Å²) in [5.74, 6) is 0.732. The van der Waals surface area contributed by atoms with Crippen molar-refractivity contribution in [1.29, 1.82) is 5.26 Å². The number of rotatable bonds is 9. The average Bonchev–Trinajstić information content (AvgIpc) is 3.69. The highest BCUT2D eigenvalue weighted by atomic mass is 16.2. The minimum atomic E-state index is -0.387. The molecule has 5 rings (SSSR count). The number of pyridine rings is 1. The lowest BCUT2D eigenvalue weighted by Crippen LogP contribution is -2.27. The van der Waals surface area contributed by atoms with Gasteiger partial charge in [-0.05, 0) is 61.9 Å². The van der Waals surface area contributed by atoms with Crippen molar-refractivity contribution in [2.24, 2.45) is 5.92 Å². The molecule has 2 fully saturated rings. The molecule has 0 radical (unpaired) electrons. The maximum absolute atomic E-state index is 13.0. The Morgan fingerprint density at radius 2 is 1.97 bits per heavy atom. The highest BCUT2D eigenvalue weighted by Crippen LogP contribution is 2.30. The van der Waals surface area contributed by atoms with Gasteiger partial charge in [0.05, 0.1) is 16.6 Å². The van der Waals surface area contributed by atoms with Gasteiger partial charge in [0, 0.05) is 51.4 Å². The number of hydrogen-bond acceptors (Lipinski definition) is 6. The molecule has 0 atom stereocenters. The summed E-state index contributed by atoms with van der Waals surface area (Å²) in [5.41, 5.74) is 2.80. The number of hydrogen-bond donors (Lipinski definition) is 1. The number of imidazole rings is 1. The van der Waals surface area contributed by atoms with Crippen LogP contribution in [0.3, 0.4) is 0 Å². The van der Waals surface area contributed by atoms with Crippen molar-refractivity contribution in [2.45, 2.75) is 57.9 Å². The fraction of sp³-hybridized carbons (Fsp3) is 0.448. The second kappa shape index (κ2) is 11.6. The fourth-order valence-electron chi connectivity index (χ4n) is 5.52. The van der Waals surface area contributed by atoms with Gasteiger partial charge in [-0.1, -0.05) is 12.8 Å². The number of nitriles is 1. The maximum atomic E-state index is 13.0. The zero-order valence-electron chi connectivity index (χ0n) is 22.2. The summed E-state index contributed by atoms with van der Waals surface area (Å²) in [5, 5.41) is 11.9. The number of carbonyl (C=O) groups is 3. The molecule has 3 amide bonds. The van der Waals surface area contributed by atoms with Gasteiger partial charge in [0.1, 0.15) is 11.8 Å². The van der Waals surface area contributed by atoms with Crippen LogP contribution in [0.5, 0.6) is 0 Å². The van der Waals surface area contributed by atoms with E-state index >= 15 is 0 Å². The first-order valence-corrected chi connectivity index (χ1v) is 13.6. The number of nitrogens with zero attached hydrogens (tertiary/aromatic N) is 6. The molecular formula is C29H33N7O3. The molecule has 3 heterocycles. The standard InChI is InChI=1S/C29H33N7O3/c1-34(27(38)16-20-6-2-3-7-20)23-11-12-25-24(17-23)32-29(33-28(39)21-9-10-22(18-30)31-19-21)36(25)15-5-14-35-13-4-8-26(35)37/h9-12,17,19-20H,2-8,13-16H2,1H3,(H,32,33,39). The number of amides is 3. The minimum absolute atomic E-state index is 0.0952. The number of aryl methyl sites for hydroxylation is 1. The van der Waals surface area contributed by atoms with Gasteiger partial charge in [-0.2, -0.15) is 5.26 Å². The third-order valence-electron chi connectivity index (χ3n) is 7.78. The number of nitrogens with one attached hydrogen (secondary N) is 1. The summed E-state index contributed by atoms with van der Waals surface area (Å²) < 4.78 is 1.94. The van der Waals surface area contributed by atoms with Crippen LogP contribution in [0.2, 0.25) is 0 Å². The van der Waals surface area contributed by atoms with Crippen LogP contribution in [-0.2, 0) is 16.1 Å². The topological polar surface area (TPSA) is 124 Å². The molecule has 2 aliphatic rings. The Hall–Kier alpha value is -4.26. The summed E-state index contributed by atoms with van der Waals surface area (Å²) >= 11 is 0. The molecule has 1 aliphatic carbocycles. The van der Waals surface area contributed by atoms with E-state index in [9.17, 15) is 14.4 Å². The van der Waals surface area contributed by atoms with E-state index in [1.165, 1.54) is 25.1 Å². The molecule has 1 saturated carbocycles. The summed E-state index contributed by atoms with van der Waals surface area (Å²) in [4.78, 5) is 50.3. The van der Waals surface area contributed by atoms with Crippen LogP contribution in [0.4, 0.5) is 11.6 Å². The summed E-state index contributed by atoms with van der Waals surface area (Å²) in [6.45, 7) is 1.97. The van der Waals surface area contributed by atoms with Gasteiger partial charge in [-0.25, -0.2) is 9.97 Å². The number of fused-ring (bicyclic) bond motifs is 1. The Morgan fingerprint density at radius 3 is 2.67 bits per heavy atom. The zero-order chi connectivity index (χ0) is 27.4. The molecule has 1 aromatic carbocycles. The molecule has 10 heteroatoms. The monoisotopic (exact) mass is 527 g/mol. The predicted octanol–water partition coefficient (Wildman–Crippen LogP) is 4.11. The normalized spacial score (nSPS) is 15.6. The molecular weight excluding hydrogens is 494 g/mol. The van der Waals surface area contributed by atoms with E-state index < -0.39 is 0 Å². The van der Waals surface area contributed by atoms with E-state index in [2.05, 4.69) is 10.3 Å². The van der Waals surface area contributed by atoms with E-state index in [1.807, 2.05) is 33.7 Å². The lowest BCUT2D eigenvalue weighted by molar-refractivity contribution is -0.127. The second-order valence-corrected chi connectivity index (χ2v) is 10.4. The van der Waals surface area contributed by atoms with Gasteiger partial charge in [0.2, 0.25) is 17.8 Å². The Balaban J connectivity index is 1.38. The molecule has 1 aliphatic heterocycles. The highest BCUT2D eigenvalue weighted by Gasteiger charge is 2.23. The van der Waals surface area contributed by atoms with Crippen LogP contribution in [0.15, 0.2) is 36.5 Å². The van der Waals surface area contributed by atoms with Crippen LogP contribution in [-0.4, -0.2) is 57.3 Å². The second-order valence-electron chi connectivity index (χ2n) is 10.4. The van der Waals surface area contributed by atoms with Gasteiger partial charge >= 0.3 is 0 Å². The number of benzene rings is 1. The Labute approximate surface area is 227 Å². The molecule has 3 aromatic rings. The zero-order valence-corrected chi connectivity index (χ0v) is 22.2. The van der Waals surface area contributed by atoms with Crippen molar-refractivity contribution >= 4 is 40.4 Å². The van der Waals surface area contributed by atoms with E-state index in [0.29, 0.717) is 55.3 Å².